The third-order valence-corrected chi connectivity index (χ3v) is 8.76. The van der Waals surface area contributed by atoms with Crippen molar-refractivity contribution in [1.29, 1.82) is 0 Å². The predicted molar refractivity (Wildman–Crippen MR) is 177 cm³/mol. The molecule has 1 aliphatic carbocycles. The number of hydrogen-bond acceptors (Lipinski definition) is 3. The number of hydrogen-bond donors (Lipinski definition) is 3. The Labute approximate surface area is 285 Å². The number of unbranched alkanes of at least 4 members (excludes halogenated alkanes) is 1. The number of carbonyl (C=O) groups is 3. The van der Waals surface area contributed by atoms with Crippen molar-refractivity contribution >= 4 is 17.7 Å². The molecule has 12 heteroatoms. The van der Waals surface area contributed by atoms with E-state index in [0.29, 0.717) is 41.5 Å². The van der Waals surface area contributed by atoms with Crippen molar-refractivity contribution in [3.63, 3.8) is 0 Å². The van der Waals surface area contributed by atoms with Crippen molar-refractivity contribution in [2.75, 3.05) is 19.6 Å². The number of alkyl halides is 6. The molecule has 50 heavy (non-hydrogen) atoms. The molecule has 0 spiro atoms. The quantitative estimate of drug-likeness (QED) is 0.0986. The largest absolute Gasteiger partial charge is 0.416 e. The highest BCUT2D eigenvalue weighted by atomic mass is 19.4. The fourth-order valence-electron chi connectivity index (χ4n) is 6.43. The summed E-state index contributed by atoms with van der Waals surface area (Å²) in [6.07, 6.45) is -7.44. The summed E-state index contributed by atoms with van der Waals surface area (Å²) in [7, 11) is 0. The lowest BCUT2D eigenvalue weighted by molar-refractivity contribution is -0.141. The Morgan fingerprint density at radius 2 is 1.16 bits per heavy atom. The van der Waals surface area contributed by atoms with E-state index in [1.54, 1.807) is 48.5 Å². The highest BCUT2D eigenvalue weighted by Crippen LogP contribution is 2.51. The molecule has 4 aromatic carbocycles. The van der Waals surface area contributed by atoms with Crippen LogP contribution < -0.4 is 16.0 Å². The van der Waals surface area contributed by atoms with E-state index in [0.717, 1.165) is 23.3 Å². The first kappa shape index (κ1) is 36.2. The molecule has 0 atom stereocenters. The fourth-order valence-corrected chi connectivity index (χ4v) is 6.43. The minimum absolute atomic E-state index is 0.116. The second kappa shape index (κ2) is 15.2. The first-order valence-corrected chi connectivity index (χ1v) is 16.2. The summed E-state index contributed by atoms with van der Waals surface area (Å²) in [6, 6.07) is 25.5. The predicted octanol–water partition coefficient (Wildman–Crippen LogP) is 7.81. The van der Waals surface area contributed by atoms with Crippen LogP contribution in [-0.2, 0) is 21.2 Å². The molecule has 0 saturated heterocycles. The van der Waals surface area contributed by atoms with E-state index in [9.17, 15) is 40.7 Å². The number of benzene rings is 4. The van der Waals surface area contributed by atoms with Crippen molar-refractivity contribution < 1.29 is 40.7 Å². The fraction of sp³-hybridized carbons (Fsp3) is 0.289. The minimum Gasteiger partial charge on any atom is -0.356 e. The van der Waals surface area contributed by atoms with Gasteiger partial charge in [0.15, 0.2) is 0 Å². The van der Waals surface area contributed by atoms with Gasteiger partial charge in [-0.3, -0.25) is 14.4 Å². The van der Waals surface area contributed by atoms with E-state index >= 15 is 0 Å². The molecule has 0 heterocycles. The van der Waals surface area contributed by atoms with Crippen molar-refractivity contribution in [2.24, 2.45) is 0 Å². The molecule has 3 amide bonds. The maximum absolute atomic E-state index is 13.6. The molecule has 1 aliphatic rings. The van der Waals surface area contributed by atoms with E-state index in [4.69, 9.17) is 0 Å². The Bertz CT molecular complexity index is 1790. The third kappa shape index (κ3) is 8.18. The zero-order valence-electron chi connectivity index (χ0n) is 26.9. The summed E-state index contributed by atoms with van der Waals surface area (Å²) in [5.41, 5.74) is 2.01. The lowest BCUT2D eigenvalue weighted by Crippen LogP contribution is -2.47. The number of nitrogens with one attached hydrogen (secondary N) is 3. The maximum Gasteiger partial charge on any atom is 0.416 e. The zero-order valence-corrected chi connectivity index (χ0v) is 26.9. The summed E-state index contributed by atoms with van der Waals surface area (Å²) in [6.45, 7) is -0.975. The van der Waals surface area contributed by atoms with Crippen LogP contribution in [0.15, 0.2) is 97.1 Å². The van der Waals surface area contributed by atoms with E-state index in [1.807, 2.05) is 24.3 Å². The second-order valence-corrected chi connectivity index (χ2v) is 12.1. The highest BCUT2D eigenvalue weighted by Gasteiger charge is 2.49. The average molecular weight is 696 g/mol. The number of rotatable bonds is 13. The van der Waals surface area contributed by atoms with Gasteiger partial charge in [-0.05, 0) is 77.3 Å². The number of fused-ring (bicyclic) bond motifs is 3. The molecule has 0 bridgehead atoms. The van der Waals surface area contributed by atoms with Gasteiger partial charge in [-0.1, -0.05) is 78.9 Å². The van der Waals surface area contributed by atoms with Crippen LogP contribution in [0.25, 0.3) is 22.3 Å². The molecule has 5 rings (SSSR count). The standard InChI is InChI=1S/C38H35F6N3O3/c39-37(40,41)24-47-35(50)36(31-14-5-3-11-28(31)29-12-4-6-15-32(29)36)21-7-8-22-45-33(48)16-9-23-46-34(49)30-13-2-1-10-27(30)25-17-19-26(20-18-25)38(42,43)44/h1-6,10-15,17-20H,7-9,16,21-24H2,(H,45,48)(H,46,49)(H,47,50). The molecule has 0 unspecified atom stereocenters. The van der Waals surface area contributed by atoms with E-state index in [2.05, 4.69) is 16.0 Å². The van der Waals surface area contributed by atoms with E-state index in [1.165, 1.54) is 12.1 Å². The van der Waals surface area contributed by atoms with E-state index in [-0.39, 0.29) is 37.4 Å². The molecule has 0 fully saturated rings. The molecular formula is C38H35F6N3O3. The Hall–Kier alpha value is -5.13. The smallest absolute Gasteiger partial charge is 0.356 e. The normalized spacial score (nSPS) is 13.2. The van der Waals surface area contributed by atoms with Crippen LogP contribution in [0.2, 0.25) is 0 Å². The molecule has 262 valence electrons. The van der Waals surface area contributed by atoms with Gasteiger partial charge in [0.2, 0.25) is 11.8 Å². The molecule has 0 saturated carbocycles. The molecule has 0 aromatic heterocycles. The highest BCUT2D eigenvalue weighted by molar-refractivity contribution is 6.01. The maximum atomic E-state index is 13.6. The van der Waals surface area contributed by atoms with Gasteiger partial charge in [-0.25, -0.2) is 0 Å². The minimum atomic E-state index is -4.57. The number of carbonyl (C=O) groups excluding carboxylic acids is 3. The van der Waals surface area contributed by atoms with Crippen LogP contribution in [0.5, 0.6) is 0 Å². The van der Waals surface area contributed by atoms with Crippen LogP contribution in [0.4, 0.5) is 26.3 Å². The van der Waals surface area contributed by atoms with Crippen molar-refractivity contribution in [2.45, 2.75) is 49.9 Å². The van der Waals surface area contributed by atoms with Gasteiger partial charge < -0.3 is 16.0 Å². The summed E-state index contributed by atoms with van der Waals surface area (Å²) in [5, 5.41) is 7.68. The number of amides is 3. The van der Waals surface area contributed by atoms with Gasteiger partial charge in [-0.15, -0.1) is 0 Å². The topological polar surface area (TPSA) is 87.3 Å². The van der Waals surface area contributed by atoms with Crippen molar-refractivity contribution in [3.05, 3.63) is 119 Å². The summed E-state index contributed by atoms with van der Waals surface area (Å²) in [5.74, 6) is -1.40. The summed E-state index contributed by atoms with van der Waals surface area (Å²) >= 11 is 0. The lowest BCUT2D eigenvalue weighted by Gasteiger charge is -2.31. The van der Waals surface area contributed by atoms with E-state index < -0.39 is 41.7 Å². The first-order valence-electron chi connectivity index (χ1n) is 16.2. The van der Waals surface area contributed by atoms with Gasteiger partial charge in [0, 0.05) is 25.1 Å². The Balaban J connectivity index is 1.11. The Morgan fingerprint density at radius 1 is 0.600 bits per heavy atom. The Morgan fingerprint density at radius 3 is 1.76 bits per heavy atom. The van der Waals surface area contributed by atoms with Crippen molar-refractivity contribution in [1.82, 2.24) is 16.0 Å². The van der Waals surface area contributed by atoms with Crippen LogP contribution in [0.1, 0.15) is 59.2 Å². The average Bonchev–Trinajstić information content (AvgIpc) is 3.38. The molecular weight excluding hydrogens is 660 g/mol. The first-order chi connectivity index (χ1) is 23.8. The van der Waals surface area contributed by atoms with Crippen LogP contribution >= 0.6 is 0 Å². The summed E-state index contributed by atoms with van der Waals surface area (Å²) in [4.78, 5) is 39.0. The SMILES string of the molecule is O=C(CCCNC(=O)c1ccccc1-c1ccc(C(F)(F)F)cc1)NCCCCC1(C(=O)NCC(F)(F)F)c2ccccc2-c2ccccc21. The van der Waals surface area contributed by atoms with Crippen molar-refractivity contribution in [3.8, 4) is 22.3 Å². The Kier molecular flexibility index (Phi) is 11.0. The van der Waals surface area contributed by atoms with Crippen LogP contribution in [-0.4, -0.2) is 43.5 Å². The number of halogens is 6. The van der Waals surface area contributed by atoms with Gasteiger partial charge >= 0.3 is 12.4 Å². The van der Waals surface area contributed by atoms with Gasteiger partial charge in [-0.2, -0.15) is 26.3 Å². The molecule has 3 N–H and O–H groups in total. The summed E-state index contributed by atoms with van der Waals surface area (Å²) < 4.78 is 78.2. The van der Waals surface area contributed by atoms with Gasteiger partial charge in [0.1, 0.15) is 12.0 Å². The third-order valence-electron chi connectivity index (χ3n) is 8.76. The zero-order chi connectivity index (χ0) is 35.9. The monoisotopic (exact) mass is 695 g/mol. The van der Waals surface area contributed by atoms with Crippen LogP contribution in [0, 0.1) is 0 Å². The van der Waals surface area contributed by atoms with Gasteiger partial charge in [0.05, 0.1) is 5.56 Å². The van der Waals surface area contributed by atoms with Gasteiger partial charge in [0.25, 0.3) is 5.91 Å². The molecule has 0 aliphatic heterocycles. The second-order valence-electron chi connectivity index (χ2n) is 12.1. The molecule has 0 radical (unpaired) electrons. The van der Waals surface area contributed by atoms with Crippen LogP contribution in [0.3, 0.4) is 0 Å². The molecule has 6 nitrogen and oxygen atoms in total. The molecule has 4 aromatic rings. The lowest BCUT2D eigenvalue weighted by atomic mass is 9.73.